The molecule has 1 aliphatic carbocycles. The summed E-state index contributed by atoms with van der Waals surface area (Å²) in [7, 11) is 0. The molecule has 1 aliphatic rings. The van der Waals surface area contributed by atoms with Crippen LogP contribution in [-0.4, -0.2) is 16.3 Å². The second-order valence-corrected chi connectivity index (χ2v) is 7.29. The normalized spacial score (nSPS) is 22.6. The van der Waals surface area contributed by atoms with E-state index in [2.05, 4.69) is 48.9 Å². The molecule has 0 aromatic carbocycles. The van der Waals surface area contributed by atoms with Gasteiger partial charge in [-0.1, -0.05) is 49.0 Å². The Morgan fingerprint density at radius 1 is 1.31 bits per heavy atom. The van der Waals surface area contributed by atoms with Gasteiger partial charge in [-0.15, -0.1) is 0 Å². The zero-order chi connectivity index (χ0) is 12.4. The monoisotopic (exact) mass is 289 g/mol. The van der Waals surface area contributed by atoms with Crippen LogP contribution in [0.3, 0.4) is 0 Å². The lowest BCUT2D eigenvalue weighted by Crippen LogP contribution is -2.53. The molecule has 2 nitrogen and oxygen atoms in total. The predicted octanol–water partition coefficient (Wildman–Crippen LogP) is 3.64. The van der Waals surface area contributed by atoms with Crippen LogP contribution in [0.5, 0.6) is 0 Å². The largest absolute Gasteiger partial charge is 0.350 e. The Morgan fingerprint density at radius 2 is 1.81 bits per heavy atom. The highest BCUT2D eigenvalue weighted by Crippen LogP contribution is 2.36. The van der Waals surface area contributed by atoms with Crippen molar-refractivity contribution >= 4 is 21.8 Å². The summed E-state index contributed by atoms with van der Waals surface area (Å²) >= 11 is 3.55. The van der Waals surface area contributed by atoms with Crippen LogP contribution in [0.4, 0.5) is 0 Å². The fourth-order valence-electron chi connectivity index (χ4n) is 2.10. The molecule has 3 heteroatoms. The molecule has 1 amide bonds. The van der Waals surface area contributed by atoms with Gasteiger partial charge in [0.25, 0.3) is 0 Å². The quantitative estimate of drug-likeness (QED) is 0.790. The van der Waals surface area contributed by atoms with Crippen molar-refractivity contribution < 1.29 is 4.79 Å². The number of amides is 1. The van der Waals surface area contributed by atoms with E-state index < -0.39 is 0 Å². The van der Waals surface area contributed by atoms with Crippen LogP contribution in [-0.2, 0) is 4.79 Å². The molecule has 1 rings (SSSR count). The number of carbonyl (C=O) groups is 1. The van der Waals surface area contributed by atoms with E-state index in [0.717, 1.165) is 12.8 Å². The Morgan fingerprint density at radius 3 is 2.25 bits per heavy atom. The number of hydrogen-bond donors (Lipinski definition) is 1. The van der Waals surface area contributed by atoms with Crippen molar-refractivity contribution in [2.75, 3.05) is 0 Å². The minimum atomic E-state index is -0.183. The maximum Gasteiger partial charge on any atom is 0.226 e. The Balaban J connectivity index is 2.64. The van der Waals surface area contributed by atoms with Gasteiger partial charge in [0.2, 0.25) is 5.91 Å². The molecule has 16 heavy (non-hydrogen) atoms. The van der Waals surface area contributed by atoms with Crippen LogP contribution >= 0.6 is 15.9 Å². The first kappa shape index (κ1) is 14.0. The summed E-state index contributed by atoms with van der Waals surface area (Å²) in [4.78, 5) is 12.6. The van der Waals surface area contributed by atoms with Gasteiger partial charge < -0.3 is 5.32 Å². The molecule has 0 saturated heterocycles. The summed E-state index contributed by atoms with van der Waals surface area (Å²) in [5.74, 6) is 0.225. The number of halogens is 1. The van der Waals surface area contributed by atoms with Crippen molar-refractivity contribution in [2.24, 2.45) is 5.41 Å². The molecular formula is C13H24BrNO. The fraction of sp³-hybridized carbons (Fsp3) is 0.923. The molecule has 0 spiro atoms. The second-order valence-electron chi connectivity index (χ2n) is 5.91. The maximum atomic E-state index is 12.3. The molecular weight excluding hydrogens is 266 g/mol. The summed E-state index contributed by atoms with van der Waals surface area (Å²) < 4.78 is 0. The van der Waals surface area contributed by atoms with Crippen molar-refractivity contribution in [3.8, 4) is 0 Å². The molecule has 0 aliphatic heterocycles. The first-order valence-corrected chi connectivity index (χ1v) is 7.16. The summed E-state index contributed by atoms with van der Waals surface area (Å²) in [6.07, 6.45) is 5.72. The molecule has 0 radical (unpaired) electrons. The fourth-order valence-corrected chi connectivity index (χ4v) is 2.22. The van der Waals surface area contributed by atoms with Crippen molar-refractivity contribution in [1.29, 1.82) is 0 Å². The van der Waals surface area contributed by atoms with E-state index in [1.165, 1.54) is 19.3 Å². The SMILES string of the molecule is CC(Br)C(C)(C)NC(=O)C1(C)CCCCC1. The molecule has 0 heterocycles. The van der Waals surface area contributed by atoms with Crippen molar-refractivity contribution in [3.05, 3.63) is 0 Å². The highest BCUT2D eigenvalue weighted by atomic mass is 79.9. The zero-order valence-corrected chi connectivity index (χ0v) is 12.5. The van der Waals surface area contributed by atoms with Crippen LogP contribution in [0.25, 0.3) is 0 Å². The maximum absolute atomic E-state index is 12.3. The van der Waals surface area contributed by atoms with Gasteiger partial charge in [-0.3, -0.25) is 4.79 Å². The third-order valence-electron chi connectivity index (χ3n) is 3.94. The lowest BCUT2D eigenvalue weighted by atomic mass is 9.74. The highest BCUT2D eigenvalue weighted by molar-refractivity contribution is 9.09. The van der Waals surface area contributed by atoms with Gasteiger partial charge in [0.15, 0.2) is 0 Å². The van der Waals surface area contributed by atoms with Gasteiger partial charge in [-0.05, 0) is 26.7 Å². The summed E-state index contributed by atoms with van der Waals surface area (Å²) in [6, 6.07) is 0. The topological polar surface area (TPSA) is 29.1 Å². The number of alkyl halides is 1. The van der Waals surface area contributed by atoms with E-state index in [1.54, 1.807) is 0 Å². The van der Waals surface area contributed by atoms with Crippen LogP contribution in [0.2, 0.25) is 0 Å². The second kappa shape index (κ2) is 5.07. The van der Waals surface area contributed by atoms with Crippen molar-refractivity contribution in [2.45, 2.75) is 70.2 Å². The average molecular weight is 290 g/mol. The molecule has 0 bridgehead atoms. The summed E-state index contributed by atoms with van der Waals surface area (Å²) in [6.45, 7) is 8.31. The molecule has 1 saturated carbocycles. The number of nitrogens with one attached hydrogen (secondary N) is 1. The zero-order valence-electron chi connectivity index (χ0n) is 10.9. The Hall–Kier alpha value is -0.0500. The molecule has 0 aromatic rings. The predicted molar refractivity (Wildman–Crippen MR) is 71.8 cm³/mol. The number of hydrogen-bond acceptors (Lipinski definition) is 1. The first-order chi connectivity index (χ1) is 7.28. The first-order valence-electron chi connectivity index (χ1n) is 6.25. The molecule has 1 N–H and O–H groups in total. The Labute approximate surface area is 108 Å². The minimum absolute atomic E-state index is 0.141. The summed E-state index contributed by atoms with van der Waals surface area (Å²) in [5.41, 5.74) is -0.324. The number of rotatable bonds is 3. The standard InChI is InChI=1S/C13H24BrNO/c1-10(14)12(2,3)15-11(16)13(4)8-6-5-7-9-13/h10H,5-9H2,1-4H3,(H,15,16). The highest BCUT2D eigenvalue weighted by Gasteiger charge is 2.37. The summed E-state index contributed by atoms with van der Waals surface area (Å²) in [5, 5.41) is 3.18. The van der Waals surface area contributed by atoms with Crippen LogP contribution in [0.1, 0.15) is 59.8 Å². The van der Waals surface area contributed by atoms with Crippen LogP contribution < -0.4 is 5.32 Å². The van der Waals surface area contributed by atoms with Crippen molar-refractivity contribution in [3.63, 3.8) is 0 Å². The molecule has 94 valence electrons. The molecule has 0 aromatic heterocycles. The lowest BCUT2D eigenvalue weighted by Gasteiger charge is -2.37. The van der Waals surface area contributed by atoms with Crippen molar-refractivity contribution in [1.82, 2.24) is 5.32 Å². The lowest BCUT2D eigenvalue weighted by molar-refractivity contribution is -0.133. The van der Waals surface area contributed by atoms with Gasteiger partial charge in [0, 0.05) is 15.8 Å². The van der Waals surface area contributed by atoms with Crippen LogP contribution in [0, 0.1) is 5.41 Å². The van der Waals surface area contributed by atoms with Gasteiger partial charge in [0.1, 0.15) is 0 Å². The van der Waals surface area contributed by atoms with E-state index >= 15 is 0 Å². The van der Waals surface area contributed by atoms with E-state index in [1.807, 2.05) is 0 Å². The molecule has 1 atom stereocenters. The molecule has 1 fully saturated rings. The Bertz CT molecular complexity index is 255. The Kier molecular flexibility index (Phi) is 4.44. The van der Waals surface area contributed by atoms with E-state index in [0.29, 0.717) is 0 Å². The molecule has 1 unspecified atom stereocenters. The van der Waals surface area contributed by atoms with Gasteiger partial charge in [-0.25, -0.2) is 0 Å². The van der Waals surface area contributed by atoms with Gasteiger partial charge >= 0.3 is 0 Å². The minimum Gasteiger partial charge on any atom is -0.350 e. The third-order valence-corrected chi connectivity index (χ3v) is 5.08. The van der Waals surface area contributed by atoms with E-state index in [9.17, 15) is 4.79 Å². The van der Waals surface area contributed by atoms with Gasteiger partial charge in [-0.2, -0.15) is 0 Å². The van der Waals surface area contributed by atoms with Gasteiger partial charge in [0.05, 0.1) is 0 Å². The van der Waals surface area contributed by atoms with E-state index in [4.69, 9.17) is 0 Å². The smallest absolute Gasteiger partial charge is 0.226 e. The van der Waals surface area contributed by atoms with E-state index in [-0.39, 0.29) is 21.7 Å². The number of carbonyl (C=O) groups excluding carboxylic acids is 1. The van der Waals surface area contributed by atoms with Crippen LogP contribution in [0.15, 0.2) is 0 Å². The average Bonchev–Trinajstić information content (AvgIpc) is 2.18. The third kappa shape index (κ3) is 3.22.